The van der Waals surface area contributed by atoms with Crippen LogP contribution in [0.2, 0.25) is 0 Å². The van der Waals surface area contributed by atoms with Crippen LogP contribution in [-0.2, 0) is 6.54 Å². The summed E-state index contributed by atoms with van der Waals surface area (Å²) >= 11 is 0. The van der Waals surface area contributed by atoms with Gasteiger partial charge in [-0.2, -0.15) is 0 Å². The predicted octanol–water partition coefficient (Wildman–Crippen LogP) is 0.321. The highest BCUT2D eigenvalue weighted by Crippen LogP contribution is 2.34. The van der Waals surface area contributed by atoms with Gasteiger partial charge in [0, 0.05) is 12.6 Å². The number of nitrogens with zero attached hydrogens (tertiary/aromatic N) is 5. The van der Waals surface area contributed by atoms with Gasteiger partial charge < -0.3 is 5.73 Å². The fourth-order valence-corrected chi connectivity index (χ4v) is 2.64. The number of rotatable bonds is 4. The summed E-state index contributed by atoms with van der Waals surface area (Å²) < 4.78 is 2.00. The number of hydrogen-bond acceptors (Lipinski definition) is 5. The van der Waals surface area contributed by atoms with Crippen LogP contribution in [0.4, 0.5) is 0 Å². The second-order valence-corrected chi connectivity index (χ2v) is 5.13. The molecule has 1 aromatic rings. The minimum absolute atomic E-state index is 0.508. The average Bonchev–Trinajstić information content (AvgIpc) is 3.11. The average molecular weight is 236 g/mol. The Morgan fingerprint density at radius 3 is 2.88 bits per heavy atom. The summed E-state index contributed by atoms with van der Waals surface area (Å²) in [6.45, 7) is 2.72. The molecule has 1 aliphatic heterocycles. The van der Waals surface area contributed by atoms with Crippen LogP contribution in [0.1, 0.15) is 44.0 Å². The standard InChI is InChI=1S/C11H20N6/c12-7-10-3-1-2-6-16(10)8-11-13-14-15-17(11)9-4-5-9/h9-10H,1-8,12H2. The van der Waals surface area contributed by atoms with Gasteiger partial charge in [-0.1, -0.05) is 6.42 Å². The summed E-state index contributed by atoms with van der Waals surface area (Å²) in [4.78, 5) is 2.44. The van der Waals surface area contributed by atoms with Gasteiger partial charge in [0.2, 0.25) is 0 Å². The van der Waals surface area contributed by atoms with Gasteiger partial charge in [0.1, 0.15) is 0 Å². The van der Waals surface area contributed by atoms with E-state index in [1.807, 2.05) is 4.68 Å². The van der Waals surface area contributed by atoms with Gasteiger partial charge in [-0.05, 0) is 42.7 Å². The maximum Gasteiger partial charge on any atom is 0.165 e. The quantitative estimate of drug-likeness (QED) is 0.815. The highest BCUT2D eigenvalue weighted by molar-refractivity contribution is 4.92. The second kappa shape index (κ2) is 4.70. The van der Waals surface area contributed by atoms with E-state index in [9.17, 15) is 0 Å². The zero-order valence-electron chi connectivity index (χ0n) is 10.1. The Bertz CT molecular complexity index is 372. The molecule has 2 heterocycles. The van der Waals surface area contributed by atoms with Crippen molar-refractivity contribution >= 4 is 0 Å². The van der Waals surface area contributed by atoms with Gasteiger partial charge in [0.05, 0.1) is 12.6 Å². The third-order valence-corrected chi connectivity index (χ3v) is 3.82. The van der Waals surface area contributed by atoms with Crippen molar-refractivity contribution in [2.24, 2.45) is 5.73 Å². The maximum absolute atomic E-state index is 5.83. The first kappa shape index (κ1) is 11.1. The molecule has 6 nitrogen and oxygen atoms in total. The van der Waals surface area contributed by atoms with Crippen molar-refractivity contribution in [2.45, 2.75) is 50.7 Å². The van der Waals surface area contributed by atoms with Crippen LogP contribution in [0.3, 0.4) is 0 Å². The van der Waals surface area contributed by atoms with Gasteiger partial charge >= 0.3 is 0 Å². The van der Waals surface area contributed by atoms with Crippen LogP contribution in [0, 0.1) is 0 Å². The van der Waals surface area contributed by atoms with Crippen molar-refractivity contribution in [1.29, 1.82) is 0 Å². The molecule has 3 rings (SSSR count). The Kier molecular flexibility index (Phi) is 3.07. The van der Waals surface area contributed by atoms with Gasteiger partial charge in [0.25, 0.3) is 0 Å². The van der Waals surface area contributed by atoms with Crippen molar-refractivity contribution in [3.63, 3.8) is 0 Å². The second-order valence-electron chi connectivity index (χ2n) is 5.13. The Balaban J connectivity index is 1.69. The lowest BCUT2D eigenvalue weighted by atomic mass is 10.0. The molecule has 94 valence electrons. The number of piperidine rings is 1. The van der Waals surface area contributed by atoms with Crippen molar-refractivity contribution in [3.8, 4) is 0 Å². The highest BCUT2D eigenvalue weighted by Gasteiger charge is 2.29. The van der Waals surface area contributed by atoms with Gasteiger partial charge in [-0.25, -0.2) is 4.68 Å². The van der Waals surface area contributed by atoms with Crippen LogP contribution in [0.15, 0.2) is 0 Å². The fourth-order valence-electron chi connectivity index (χ4n) is 2.64. The minimum Gasteiger partial charge on any atom is -0.329 e. The topological polar surface area (TPSA) is 72.9 Å². The van der Waals surface area contributed by atoms with E-state index in [4.69, 9.17) is 5.73 Å². The van der Waals surface area contributed by atoms with E-state index in [0.29, 0.717) is 12.1 Å². The molecule has 0 radical (unpaired) electrons. The summed E-state index contributed by atoms with van der Waals surface area (Å²) in [5, 5.41) is 12.1. The van der Waals surface area contributed by atoms with Crippen LogP contribution in [0.5, 0.6) is 0 Å². The van der Waals surface area contributed by atoms with Crippen molar-refractivity contribution < 1.29 is 0 Å². The molecule has 6 heteroatoms. The Morgan fingerprint density at radius 1 is 1.24 bits per heavy atom. The molecule has 0 bridgehead atoms. The molecule has 1 saturated carbocycles. The SMILES string of the molecule is NCC1CCCCN1Cc1nnnn1C1CC1. The van der Waals surface area contributed by atoms with Gasteiger partial charge in [-0.15, -0.1) is 5.10 Å². The van der Waals surface area contributed by atoms with Crippen molar-refractivity contribution in [3.05, 3.63) is 5.82 Å². The monoisotopic (exact) mass is 236 g/mol. The van der Waals surface area contributed by atoms with E-state index >= 15 is 0 Å². The Labute approximate surface area is 101 Å². The predicted molar refractivity (Wildman–Crippen MR) is 63.2 cm³/mol. The first-order valence-electron chi connectivity index (χ1n) is 6.59. The third-order valence-electron chi connectivity index (χ3n) is 3.82. The van der Waals surface area contributed by atoms with Crippen LogP contribution in [0.25, 0.3) is 0 Å². The normalized spacial score (nSPS) is 26.3. The van der Waals surface area contributed by atoms with Crippen molar-refractivity contribution in [2.75, 3.05) is 13.1 Å². The molecule has 1 atom stereocenters. The molecule has 2 fully saturated rings. The van der Waals surface area contributed by atoms with Gasteiger partial charge in [0.15, 0.2) is 5.82 Å². The molecule has 1 unspecified atom stereocenters. The number of aromatic nitrogens is 4. The smallest absolute Gasteiger partial charge is 0.165 e. The molecule has 17 heavy (non-hydrogen) atoms. The molecule has 1 saturated heterocycles. The zero-order chi connectivity index (χ0) is 11.7. The van der Waals surface area contributed by atoms with Crippen molar-refractivity contribution in [1.82, 2.24) is 25.1 Å². The summed E-state index contributed by atoms with van der Waals surface area (Å²) in [5.41, 5.74) is 5.83. The number of likely N-dealkylation sites (tertiary alicyclic amines) is 1. The van der Waals surface area contributed by atoms with Crippen LogP contribution >= 0.6 is 0 Å². The van der Waals surface area contributed by atoms with E-state index in [1.54, 1.807) is 0 Å². The third kappa shape index (κ3) is 2.32. The number of hydrogen-bond donors (Lipinski definition) is 1. The molecular weight excluding hydrogens is 216 g/mol. The summed E-state index contributed by atoms with van der Waals surface area (Å²) in [7, 11) is 0. The molecule has 1 aromatic heterocycles. The molecule has 0 aromatic carbocycles. The summed E-state index contributed by atoms with van der Waals surface area (Å²) in [5.74, 6) is 1.01. The molecule has 0 amide bonds. The van der Waals surface area contributed by atoms with E-state index in [2.05, 4.69) is 20.4 Å². The lowest BCUT2D eigenvalue weighted by molar-refractivity contribution is 0.139. The van der Waals surface area contributed by atoms with Crippen LogP contribution < -0.4 is 5.73 Å². The van der Waals surface area contributed by atoms with E-state index in [0.717, 1.165) is 25.5 Å². The fraction of sp³-hybridized carbons (Fsp3) is 0.909. The lowest BCUT2D eigenvalue weighted by Gasteiger charge is -2.34. The molecule has 1 aliphatic carbocycles. The maximum atomic E-state index is 5.83. The minimum atomic E-state index is 0.508. The van der Waals surface area contributed by atoms with E-state index in [1.165, 1.54) is 32.1 Å². The summed E-state index contributed by atoms with van der Waals surface area (Å²) in [6.07, 6.45) is 6.21. The Hall–Kier alpha value is -1.01. The van der Waals surface area contributed by atoms with E-state index in [-0.39, 0.29) is 0 Å². The molecule has 2 aliphatic rings. The first-order chi connectivity index (χ1) is 8.38. The van der Waals surface area contributed by atoms with Crippen LogP contribution in [-0.4, -0.2) is 44.2 Å². The number of tetrazole rings is 1. The number of nitrogens with two attached hydrogens (primary N) is 1. The highest BCUT2D eigenvalue weighted by atomic mass is 15.6. The first-order valence-corrected chi connectivity index (χ1v) is 6.59. The van der Waals surface area contributed by atoms with Gasteiger partial charge in [-0.3, -0.25) is 4.90 Å². The Morgan fingerprint density at radius 2 is 2.12 bits per heavy atom. The van der Waals surface area contributed by atoms with E-state index < -0.39 is 0 Å². The molecule has 0 spiro atoms. The lowest BCUT2D eigenvalue weighted by Crippen LogP contribution is -2.43. The molecular formula is C11H20N6. The summed E-state index contributed by atoms with van der Waals surface area (Å²) in [6, 6.07) is 1.06. The largest absolute Gasteiger partial charge is 0.329 e. The zero-order valence-corrected chi connectivity index (χ0v) is 10.1. The molecule has 2 N–H and O–H groups in total.